The first kappa shape index (κ1) is 22.6. The maximum Gasteiger partial charge on any atom is 0.250 e. The molecule has 0 saturated carbocycles. The predicted octanol–water partition coefficient (Wildman–Crippen LogP) is 2.49. The van der Waals surface area contributed by atoms with Gasteiger partial charge in [0.25, 0.3) is 0 Å². The third-order valence-corrected chi connectivity index (χ3v) is 5.94. The van der Waals surface area contributed by atoms with Gasteiger partial charge in [-0.25, -0.2) is 5.43 Å². The topological polar surface area (TPSA) is 92.9 Å². The molecule has 0 bridgehead atoms. The van der Waals surface area contributed by atoms with Gasteiger partial charge >= 0.3 is 0 Å². The van der Waals surface area contributed by atoms with Gasteiger partial charge in [0.05, 0.1) is 38.3 Å². The van der Waals surface area contributed by atoms with Crippen molar-refractivity contribution in [1.29, 1.82) is 0 Å². The van der Waals surface area contributed by atoms with E-state index in [0.29, 0.717) is 44.3 Å². The molecule has 178 valence electrons. The van der Waals surface area contributed by atoms with Crippen LogP contribution in [0.15, 0.2) is 47.7 Å². The maximum absolute atomic E-state index is 6.00. The van der Waals surface area contributed by atoms with Crippen molar-refractivity contribution >= 4 is 35.7 Å². The van der Waals surface area contributed by atoms with Gasteiger partial charge in [0.15, 0.2) is 0 Å². The quantitative estimate of drug-likeness (QED) is 0.405. The fraction of sp³-hybridized carbons (Fsp3) is 0.391. The van der Waals surface area contributed by atoms with Crippen LogP contribution < -0.4 is 15.2 Å². The van der Waals surface area contributed by atoms with E-state index in [1.807, 2.05) is 42.6 Å². The van der Waals surface area contributed by atoms with Crippen molar-refractivity contribution in [2.45, 2.75) is 6.54 Å². The monoisotopic (exact) mass is 482 g/mol. The molecule has 1 N–H and O–H groups in total. The van der Waals surface area contributed by atoms with Gasteiger partial charge in [-0.15, -0.1) is 0 Å². The van der Waals surface area contributed by atoms with E-state index >= 15 is 0 Å². The molecule has 10 nitrogen and oxygen atoms in total. The number of anilines is 3. The number of nitrogens with one attached hydrogen (secondary N) is 1. The Morgan fingerprint density at radius 1 is 0.882 bits per heavy atom. The number of morpholine rings is 2. The van der Waals surface area contributed by atoms with Gasteiger partial charge in [-0.3, -0.25) is 0 Å². The minimum Gasteiger partial charge on any atom is -0.378 e. The lowest BCUT2D eigenvalue weighted by Gasteiger charge is -2.30. The highest BCUT2D eigenvalue weighted by molar-refractivity contribution is 6.30. The predicted molar refractivity (Wildman–Crippen MR) is 132 cm³/mol. The van der Waals surface area contributed by atoms with Crippen LogP contribution in [0.4, 0.5) is 17.8 Å². The van der Waals surface area contributed by atoms with E-state index in [2.05, 4.69) is 34.9 Å². The first-order valence-corrected chi connectivity index (χ1v) is 11.7. The molecule has 1 aromatic carbocycles. The van der Waals surface area contributed by atoms with Gasteiger partial charge in [-0.2, -0.15) is 20.1 Å². The van der Waals surface area contributed by atoms with Crippen molar-refractivity contribution in [2.75, 3.05) is 67.8 Å². The standard InChI is InChI=1S/C23H27ClN8O2/c24-19-5-3-18(4-6-19)17-32-7-1-2-20(32)16-25-29-21-26-22(30-8-12-33-13-9-30)28-23(27-21)31-10-14-34-15-11-31/h1-7,16H,8-15,17H2,(H,26,27,28,29)/b25-16+. The molecule has 2 saturated heterocycles. The third-order valence-electron chi connectivity index (χ3n) is 5.69. The summed E-state index contributed by atoms with van der Waals surface area (Å²) in [6.45, 7) is 6.32. The second-order valence-corrected chi connectivity index (χ2v) is 8.45. The normalized spacial score (nSPS) is 16.9. The Hall–Kier alpha value is -3.21. The summed E-state index contributed by atoms with van der Waals surface area (Å²) < 4.78 is 13.1. The summed E-state index contributed by atoms with van der Waals surface area (Å²) in [7, 11) is 0. The van der Waals surface area contributed by atoms with E-state index in [4.69, 9.17) is 26.1 Å². The lowest BCUT2D eigenvalue weighted by molar-refractivity contribution is 0.121. The zero-order valence-electron chi connectivity index (χ0n) is 18.8. The number of rotatable bonds is 7. The summed E-state index contributed by atoms with van der Waals surface area (Å²) in [5, 5.41) is 5.15. The van der Waals surface area contributed by atoms with Gasteiger partial charge < -0.3 is 23.8 Å². The van der Waals surface area contributed by atoms with Crippen LogP contribution in [0, 0.1) is 0 Å². The van der Waals surface area contributed by atoms with Crippen molar-refractivity contribution in [2.24, 2.45) is 5.10 Å². The summed E-state index contributed by atoms with van der Waals surface area (Å²) in [6.07, 6.45) is 3.79. The molecule has 5 rings (SSSR count). The molecular formula is C23H27ClN8O2. The highest BCUT2D eigenvalue weighted by Crippen LogP contribution is 2.19. The van der Waals surface area contributed by atoms with Gasteiger partial charge in [-0.05, 0) is 29.8 Å². The van der Waals surface area contributed by atoms with Crippen molar-refractivity contribution in [1.82, 2.24) is 19.5 Å². The molecule has 0 radical (unpaired) electrons. The first-order valence-electron chi connectivity index (χ1n) is 11.3. The fourth-order valence-corrected chi connectivity index (χ4v) is 3.97. The molecule has 0 amide bonds. The number of hydrogen-bond donors (Lipinski definition) is 1. The lowest BCUT2D eigenvalue weighted by atomic mass is 10.2. The Morgan fingerprint density at radius 3 is 2.12 bits per heavy atom. The van der Waals surface area contributed by atoms with Crippen molar-refractivity contribution in [3.8, 4) is 0 Å². The Morgan fingerprint density at radius 2 is 1.50 bits per heavy atom. The zero-order valence-corrected chi connectivity index (χ0v) is 19.6. The van der Waals surface area contributed by atoms with Gasteiger partial charge in [-0.1, -0.05) is 23.7 Å². The van der Waals surface area contributed by atoms with Crippen LogP contribution in [0.2, 0.25) is 5.02 Å². The van der Waals surface area contributed by atoms with Crippen LogP contribution in [0.25, 0.3) is 0 Å². The zero-order chi connectivity index (χ0) is 23.2. The van der Waals surface area contributed by atoms with E-state index in [0.717, 1.165) is 49.0 Å². The highest BCUT2D eigenvalue weighted by atomic mass is 35.5. The molecule has 0 unspecified atom stereocenters. The van der Waals surface area contributed by atoms with E-state index in [1.54, 1.807) is 6.21 Å². The SMILES string of the molecule is Clc1ccc(Cn2cccc2/C=N/Nc2nc(N3CCOCC3)nc(N3CCOCC3)n2)cc1. The molecule has 11 heteroatoms. The number of aromatic nitrogens is 4. The Bertz CT molecular complexity index is 1070. The molecular weight excluding hydrogens is 456 g/mol. The molecule has 4 heterocycles. The van der Waals surface area contributed by atoms with Crippen LogP contribution in [0.1, 0.15) is 11.3 Å². The summed E-state index contributed by atoms with van der Waals surface area (Å²) in [6, 6.07) is 11.8. The minimum absolute atomic E-state index is 0.407. The molecule has 0 aliphatic carbocycles. The summed E-state index contributed by atoms with van der Waals surface area (Å²) in [5.74, 6) is 1.66. The molecule has 34 heavy (non-hydrogen) atoms. The smallest absolute Gasteiger partial charge is 0.250 e. The second-order valence-electron chi connectivity index (χ2n) is 8.02. The Balaban J connectivity index is 1.32. The summed E-state index contributed by atoms with van der Waals surface area (Å²) in [5.41, 5.74) is 5.12. The molecule has 2 aliphatic heterocycles. The molecule has 3 aromatic rings. The number of benzene rings is 1. The van der Waals surface area contributed by atoms with E-state index in [-0.39, 0.29) is 0 Å². The van der Waals surface area contributed by atoms with E-state index < -0.39 is 0 Å². The largest absolute Gasteiger partial charge is 0.378 e. The molecule has 2 aromatic heterocycles. The average Bonchev–Trinajstić information content (AvgIpc) is 3.33. The fourth-order valence-electron chi connectivity index (χ4n) is 3.84. The number of nitrogens with zero attached hydrogens (tertiary/aromatic N) is 7. The Labute approximate surface area is 203 Å². The number of hydrazone groups is 1. The van der Waals surface area contributed by atoms with Gasteiger partial charge in [0, 0.05) is 43.9 Å². The van der Waals surface area contributed by atoms with Gasteiger partial charge in [0.2, 0.25) is 17.8 Å². The molecule has 2 aliphatic rings. The van der Waals surface area contributed by atoms with Crippen LogP contribution in [-0.4, -0.2) is 78.3 Å². The van der Waals surface area contributed by atoms with Crippen LogP contribution in [0.5, 0.6) is 0 Å². The van der Waals surface area contributed by atoms with Gasteiger partial charge in [0.1, 0.15) is 0 Å². The minimum atomic E-state index is 0.407. The number of halogens is 1. The van der Waals surface area contributed by atoms with E-state index in [1.165, 1.54) is 0 Å². The maximum atomic E-state index is 6.00. The van der Waals surface area contributed by atoms with Crippen molar-refractivity contribution in [3.05, 3.63) is 58.9 Å². The summed E-state index contributed by atoms with van der Waals surface area (Å²) in [4.78, 5) is 18.2. The van der Waals surface area contributed by atoms with Crippen LogP contribution in [-0.2, 0) is 16.0 Å². The van der Waals surface area contributed by atoms with Crippen LogP contribution >= 0.6 is 11.6 Å². The van der Waals surface area contributed by atoms with Crippen LogP contribution in [0.3, 0.4) is 0 Å². The molecule has 0 spiro atoms. The second kappa shape index (κ2) is 10.8. The summed E-state index contributed by atoms with van der Waals surface area (Å²) >= 11 is 6.00. The third kappa shape index (κ3) is 5.64. The number of hydrogen-bond acceptors (Lipinski definition) is 9. The van der Waals surface area contributed by atoms with Crippen molar-refractivity contribution in [3.63, 3.8) is 0 Å². The average molecular weight is 483 g/mol. The highest BCUT2D eigenvalue weighted by Gasteiger charge is 2.20. The first-order chi connectivity index (χ1) is 16.7. The Kier molecular flexibility index (Phi) is 7.18. The number of ether oxygens (including phenoxy) is 2. The lowest BCUT2D eigenvalue weighted by Crippen LogP contribution is -2.40. The van der Waals surface area contributed by atoms with Crippen molar-refractivity contribution < 1.29 is 9.47 Å². The van der Waals surface area contributed by atoms with E-state index in [9.17, 15) is 0 Å². The molecule has 0 atom stereocenters. The molecule has 2 fully saturated rings.